The molecule has 100 valence electrons. The van der Waals surface area contributed by atoms with E-state index in [0.717, 1.165) is 5.57 Å². The molecule has 1 aromatic carbocycles. The number of rotatable bonds is 4. The van der Waals surface area contributed by atoms with E-state index in [1.165, 1.54) is 4.90 Å². The SMILES string of the molecule is C/C(CCN)=C(\Cl)CN1C(=O)c2ccccc2C1=O. The van der Waals surface area contributed by atoms with Crippen molar-refractivity contribution in [3.8, 4) is 0 Å². The molecule has 2 rings (SSSR count). The van der Waals surface area contributed by atoms with Gasteiger partial charge in [0.05, 0.1) is 17.7 Å². The maximum Gasteiger partial charge on any atom is 0.261 e. The number of nitrogens with two attached hydrogens (primary N) is 1. The summed E-state index contributed by atoms with van der Waals surface area (Å²) >= 11 is 6.14. The summed E-state index contributed by atoms with van der Waals surface area (Å²) in [4.78, 5) is 25.4. The third-order valence-electron chi connectivity index (χ3n) is 3.16. The average Bonchev–Trinajstić information content (AvgIpc) is 2.65. The monoisotopic (exact) mass is 278 g/mol. The number of halogens is 1. The summed E-state index contributed by atoms with van der Waals surface area (Å²) in [5.41, 5.74) is 7.24. The molecule has 0 aliphatic carbocycles. The number of carbonyl (C=O) groups is 2. The maximum atomic E-state index is 12.1. The Morgan fingerprint density at radius 1 is 1.21 bits per heavy atom. The van der Waals surface area contributed by atoms with Crippen molar-refractivity contribution in [2.24, 2.45) is 5.73 Å². The summed E-state index contributed by atoms with van der Waals surface area (Å²) in [5.74, 6) is -0.585. The highest BCUT2D eigenvalue weighted by atomic mass is 35.5. The summed E-state index contributed by atoms with van der Waals surface area (Å²) < 4.78 is 0. The number of carbonyl (C=O) groups excluding carboxylic acids is 2. The molecular formula is C14H15ClN2O2. The van der Waals surface area contributed by atoms with E-state index in [1.807, 2.05) is 6.92 Å². The molecule has 0 spiro atoms. The number of hydrogen-bond donors (Lipinski definition) is 1. The highest BCUT2D eigenvalue weighted by molar-refractivity contribution is 6.31. The van der Waals surface area contributed by atoms with Gasteiger partial charge in [0.1, 0.15) is 0 Å². The van der Waals surface area contributed by atoms with Crippen LogP contribution >= 0.6 is 11.6 Å². The van der Waals surface area contributed by atoms with Gasteiger partial charge in [0, 0.05) is 5.03 Å². The molecule has 0 bridgehead atoms. The van der Waals surface area contributed by atoms with Gasteiger partial charge in [-0.25, -0.2) is 0 Å². The van der Waals surface area contributed by atoms with Crippen LogP contribution in [0.4, 0.5) is 0 Å². The Balaban J connectivity index is 2.24. The first kappa shape index (κ1) is 13.8. The Kier molecular flexibility index (Phi) is 4.02. The zero-order valence-electron chi connectivity index (χ0n) is 10.6. The Morgan fingerprint density at radius 3 is 2.21 bits per heavy atom. The number of nitrogens with zero attached hydrogens (tertiary/aromatic N) is 1. The quantitative estimate of drug-likeness (QED) is 0.858. The van der Waals surface area contributed by atoms with Gasteiger partial charge in [0.15, 0.2) is 0 Å². The fourth-order valence-corrected chi connectivity index (χ4v) is 2.22. The molecular weight excluding hydrogens is 264 g/mol. The molecule has 4 nitrogen and oxygen atoms in total. The molecule has 2 amide bonds. The normalized spacial score (nSPS) is 15.6. The minimum absolute atomic E-state index is 0.111. The highest BCUT2D eigenvalue weighted by Crippen LogP contribution is 2.25. The van der Waals surface area contributed by atoms with Gasteiger partial charge in [-0.1, -0.05) is 29.3 Å². The Hall–Kier alpha value is -1.65. The van der Waals surface area contributed by atoms with E-state index in [-0.39, 0.29) is 18.4 Å². The second kappa shape index (κ2) is 5.55. The number of benzene rings is 1. The molecule has 0 unspecified atom stereocenters. The summed E-state index contributed by atoms with van der Waals surface area (Å²) in [6.45, 7) is 2.46. The molecule has 1 aromatic rings. The van der Waals surface area contributed by atoms with E-state index >= 15 is 0 Å². The minimum atomic E-state index is -0.292. The van der Waals surface area contributed by atoms with Crippen LogP contribution in [-0.4, -0.2) is 29.8 Å². The van der Waals surface area contributed by atoms with Crippen molar-refractivity contribution in [3.05, 3.63) is 46.0 Å². The van der Waals surface area contributed by atoms with Gasteiger partial charge in [0.25, 0.3) is 11.8 Å². The van der Waals surface area contributed by atoms with Gasteiger partial charge in [-0.3, -0.25) is 14.5 Å². The molecule has 0 radical (unpaired) electrons. The molecule has 2 N–H and O–H groups in total. The molecule has 0 aromatic heterocycles. The number of imide groups is 1. The highest BCUT2D eigenvalue weighted by Gasteiger charge is 2.35. The summed E-state index contributed by atoms with van der Waals surface area (Å²) in [5, 5.41) is 0.500. The van der Waals surface area contributed by atoms with Crippen LogP contribution in [0.25, 0.3) is 0 Å². The summed E-state index contributed by atoms with van der Waals surface area (Å²) in [6.07, 6.45) is 0.655. The maximum absolute atomic E-state index is 12.1. The van der Waals surface area contributed by atoms with Gasteiger partial charge in [-0.15, -0.1) is 0 Å². The van der Waals surface area contributed by atoms with Crippen LogP contribution in [0.5, 0.6) is 0 Å². The van der Waals surface area contributed by atoms with Crippen molar-refractivity contribution < 1.29 is 9.59 Å². The standard InChI is InChI=1S/C14H15ClN2O2/c1-9(6-7-16)12(15)8-17-13(18)10-4-2-3-5-11(10)14(17)19/h2-5H,6-8,16H2,1H3/b12-9+. The van der Waals surface area contributed by atoms with Crippen molar-refractivity contribution in [2.45, 2.75) is 13.3 Å². The topological polar surface area (TPSA) is 63.4 Å². The third kappa shape index (κ3) is 2.55. The molecule has 1 heterocycles. The molecule has 0 saturated carbocycles. The number of hydrogen-bond acceptors (Lipinski definition) is 3. The lowest BCUT2D eigenvalue weighted by molar-refractivity contribution is 0.0670. The Labute approximate surface area is 116 Å². The van der Waals surface area contributed by atoms with E-state index in [2.05, 4.69) is 0 Å². The van der Waals surface area contributed by atoms with Crippen LogP contribution in [0, 0.1) is 0 Å². The Morgan fingerprint density at radius 2 is 1.74 bits per heavy atom. The fraction of sp³-hybridized carbons (Fsp3) is 0.286. The van der Waals surface area contributed by atoms with E-state index in [4.69, 9.17) is 17.3 Å². The summed E-state index contributed by atoms with van der Waals surface area (Å²) in [6, 6.07) is 6.79. The van der Waals surface area contributed by atoms with Crippen molar-refractivity contribution in [3.63, 3.8) is 0 Å². The average molecular weight is 279 g/mol. The van der Waals surface area contributed by atoms with Crippen LogP contribution in [0.1, 0.15) is 34.1 Å². The van der Waals surface area contributed by atoms with Gasteiger partial charge < -0.3 is 5.73 Å². The largest absolute Gasteiger partial charge is 0.330 e. The predicted octanol–water partition coefficient (Wildman–Crippen LogP) is 2.14. The van der Waals surface area contributed by atoms with E-state index in [9.17, 15) is 9.59 Å². The van der Waals surface area contributed by atoms with E-state index in [0.29, 0.717) is 29.1 Å². The van der Waals surface area contributed by atoms with E-state index < -0.39 is 0 Å². The fourth-order valence-electron chi connectivity index (χ4n) is 2.01. The molecule has 1 aliphatic rings. The van der Waals surface area contributed by atoms with Crippen LogP contribution in [0.3, 0.4) is 0 Å². The van der Waals surface area contributed by atoms with Gasteiger partial charge in [-0.05, 0) is 32.0 Å². The van der Waals surface area contributed by atoms with Crippen molar-refractivity contribution >= 4 is 23.4 Å². The molecule has 5 heteroatoms. The molecule has 1 aliphatic heterocycles. The van der Waals surface area contributed by atoms with E-state index in [1.54, 1.807) is 24.3 Å². The molecule has 0 atom stereocenters. The first-order chi connectivity index (χ1) is 9.06. The lowest BCUT2D eigenvalue weighted by atomic mass is 10.1. The number of fused-ring (bicyclic) bond motifs is 1. The van der Waals surface area contributed by atoms with Crippen LogP contribution in [-0.2, 0) is 0 Å². The van der Waals surface area contributed by atoms with Crippen molar-refractivity contribution in [2.75, 3.05) is 13.1 Å². The lowest BCUT2D eigenvalue weighted by Gasteiger charge is -2.14. The second-order valence-electron chi connectivity index (χ2n) is 4.47. The summed E-state index contributed by atoms with van der Waals surface area (Å²) in [7, 11) is 0. The molecule has 0 saturated heterocycles. The van der Waals surface area contributed by atoms with Crippen LogP contribution in [0.2, 0.25) is 0 Å². The number of amides is 2. The van der Waals surface area contributed by atoms with Crippen molar-refractivity contribution in [1.82, 2.24) is 4.90 Å². The zero-order chi connectivity index (χ0) is 14.0. The first-order valence-electron chi connectivity index (χ1n) is 6.05. The predicted molar refractivity (Wildman–Crippen MR) is 74.0 cm³/mol. The van der Waals surface area contributed by atoms with Crippen molar-refractivity contribution in [1.29, 1.82) is 0 Å². The van der Waals surface area contributed by atoms with Crippen LogP contribution in [0.15, 0.2) is 34.9 Å². The minimum Gasteiger partial charge on any atom is -0.330 e. The van der Waals surface area contributed by atoms with Gasteiger partial charge in [0.2, 0.25) is 0 Å². The second-order valence-corrected chi connectivity index (χ2v) is 4.92. The molecule has 19 heavy (non-hydrogen) atoms. The Bertz CT molecular complexity index is 531. The molecule has 0 fully saturated rings. The first-order valence-corrected chi connectivity index (χ1v) is 6.43. The van der Waals surface area contributed by atoms with Crippen LogP contribution < -0.4 is 5.73 Å². The zero-order valence-corrected chi connectivity index (χ0v) is 11.4. The lowest BCUT2D eigenvalue weighted by Crippen LogP contribution is -2.31. The van der Waals surface area contributed by atoms with Gasteiger partial charge >= 0.3 is 0 Å². The third-order valence-corrected chi connectivity index (χ3v) is 3.60. The van der Waals surface area contributed by atoms with Gasteiger partial charge in [-0.2, -0.15) is 0 Å². The smallest absolute Gasteiger partial charge is 0.261 e.